The fourth-order valence-corrected chi connectivity index (χ4v) is 2.33. The SMILES string of the molecule is CCNC(c1cccc(C)c1Cl)c1nccn1C. The summed E-state index contributed by atoms with van der Waals surface area (Å²) in [6, 6.07) is 6.14. The smallest absolute Gasteiger partial charge is 0.130 e. The summed E-state index contributed by atoms with van der Waals surface area (Å²) in [5.41, 5.74) is 2.17. The van der Waals surface area contributed by atoms with Gasteiger partial charge in [0, 0.05) is 24.5 Å². The van der Waals surface area contributed by atoms with Crippen molar-refractivity contribution in [2.45, 2.75) is 19.9 Å². The van der Waals surface area contributed by atoms with Gasteiger partial charge in [-0.1, -0.05) is 36.7 Å². The zero-order chi connectivity index (χ0) is 13.1. The Morgan fingerprint density at radius 2 is 2.22 bits per heavy atom. The maximum Gasteiger partial charge on any atom is 0.130 e. The zero-order valence-corrected chi connectivity index (χ0v) is 11.7. The Bertz CT molecular complexity index is 534. The van der Waals surface area contributed by atoms with E-state index in [-0.39, 0.29) is 6.04 Å². The molecule has 96 valence electrons. The van der Waals surface area contributed by atoms with Gasteiger partial charge >= 0.3 is 0 Å². The molecule has 0 radical (unpaired) electrons. The molecule has 4 heteroatoms. The summed E-state index contributed by atoms with van der Waals surface area (Å²) < 4.78 is 2.02. The van der Waals surface area contributed by atoms with E-state index in [1.165, 1.54) is 0 Å². The summed E-state index contributed by atoms with van der Waals surface area (Å²) in [6.45, 7) is 4.97. The van der Waals surface area contributed by atoms with E-state index in [4.69, 9.17) is 11.6 Å². The zero-order valence-electron chi connectivity index (χ0n) is 10.9. The van der Waals surface area contributed by atoms with Crippen molar-refractivity contribution < 1.29 is 0 Å². The monoisotopic (exact) mass is 263 g/mol. The molecule has 0 amide bonds. The molecule has 3 nitrogen and oxygen atoms in total. The molecule has 1 aromatic heterocycles. The number of hydrogen-bond acceptors (Lipinski definition) is 2. The van der Waals surface area contributed by atoms with Crippen LogP contribution in [-0.4, -0.2) is 16.1 Å². The van der Waals surface area contributed by atoms with E-state index in [2.05, 4.69) is 23.3 Å². The minimum Gasteiger partial charge on any atom is -0.336 e. The van der Waals surface area contributed by atoms with Crippen LogP contribution >= 0.6 is 11.6 Å². The van der Waals surface area contributed by atoms with Crippen molar-refractivity contribution >= 4 is 11.6 Å². The molecule has 2 rings (SSSR count). The Labute approximate surface area is 113 Å². The van der Waals surface area contributed by atoms with Gasteiger partial charge in [0.25, 0.3) is 0 Å². The predicted molar refractivity (Wildman–Crippen MR) is 74.9 cm³/mol. The van der Waals surface area contributed by atoms with Gasteiger partial charge in [0.05, 0.1) is 6.04 Å². The van der Waals surface area contributed by atoms with Crippen molar-refractivity contribution in [3.8, 4) is 0 Å². The molecule has 0 aliphatic carbocycles. The van der Waals surface area contributed by atoms with Crippen LogP contribution in [0.1, 0.15) is 29.9 Å². The Hall–Kier alpha value is -1.32. The van der Waals surface area contributed by atoms with Crippen LogP contribution < -0.4 is 5.32 Å². The normalized spacial score (nSPS) is 12.7. The highest BCUT2D eigenvalue weighted by Gasteiger charge is 2.20. The number of nitrogens with zero attached hydrogens (tertiary/aromatic N) is 2. The molecule has 1 N–H and O–H groups in total. The Morgan fingerprint density at radius 3 is 2.83 bits per heavy atom. The van der Waals surface area contributed by atoms with E-state index < -0.39 is 0 Å². The molecule has 0 aliphatic rings. The third-order valence-electron chi connectivity index (χ3n) is 3.06. The fourth-order valence-electron chi connectivity index (χ4n) is 2.09. The highest BCUT2D eigenvalue weighted by atomic mass is 35.5. The number of nitrogens with one attached hydrogen (secondary N) is 1. The van der Waals surface area contributed by atoms with Gasteiger partial charge in [0.1, 0.15) is 5.82 Å². The third-order valence-corrected chi connectivity index (χ3v) is 3.57. The summed E-state index contributed by atoms with van der Waals surface area (Å²) in [4.78, 5) is 4.42. The number of aromatic nitrogens is 2. The number of hydrogen-bond donors (Lipinski definition) is 1. The molecular formula is C14H18ClN3. The molecule has 0 saturated carbocycles. The van der Waals surface area contributed by atoms with E-state index in [9.17, 15) is 0 Å². The molecule has 18 heavy (non-hydrogen) atoms. The fraction of sp³-hybridized carbons (Fsp3) is 0.357. The summed E-state index contributed by atoms with van der Waals surface area (Å²) in [6.07, 6.45) is 3.76. The second-order valence-corrected chi connectivity index (χ2v) is 4.74. The highest BCUT2D eigenvalue weighted by molar-refractivity contribution is 6.32. The number of benzene rings is 1. The van der Waals surface area contributed by atoms with Crippen molar-refractivity contribution in [1.82, 2.24) is 14.9 Å². The summed E-state index contributed by atoms with van der Waals surface area (Å²) in [5, 5.41) is 4.25. The molecule has 0 aliphatic heterocycles. The average Bonchev–Trinajstić information content (AvgIpc) is 2.76. The van der Waals surface area contributed by atoms with Gasteiger partial charge in [0.15, 0.2) is 0 Å². The molecule has 1 atom stereocenters. The van der Waals surface area contributed by atoms with Gasteiger partial charge in [0.2, 0.25) is 0 Å². The number of rotatable bonds is 4. The van der Waals surface area contributed by atoms with Crippen molar-refractivity contribution in [3.63, 3.8) is 0 Å². The summed E-state index contributed by atoms with van der Waals surface area (Å²) >= 11 is 6.42. The van der Waals surface area contributed by atoms with Crippen molar-refractivity contribution in [3.05, 3.63) is 52.6 Å². The molecule has 1 heterocycles. The van der Waals surface area contributed by atoms with E-state index in [1.54, 1.807) is 0 Å². The first-order valence-corrected chi connectivity index (χ1v) is 6.48. The van der Waals surface area contributed by atoms with E-state index >= 15 is 0 Å². The number of halogens is 1. The molecule has 0 spiro atoms. The quantitative estimate of drug-likeness (QED) is 0.919. The van der Waals surface area contributed by atoms with Crippen LogP contribution in [0.5, 0.6) is 0 Å². The maximum absolute atomic E-state index is 6.42. The van der Waals surface area contributed by atoms with Crippen LogP contribution in [0, 0.1) is 6.92 Å². The lowest BCUT2D eigenvalue weighted by atomic mass is 10.0. The molecule has 1 unspecified atom stereocenters. The first-order chi connectivity index (χ1) is 8.65. The highest BCUT2D eigenvalue weighted by Crippen LogP contribution is 2.29. The van der Waals surface area contributed by atoms with Gasteiger partial charge < -0.3 is 9.88 Å². The lowest BCUT2D eigenvalue weighted by molar-refractivity contribution is 0.577. The minimum absolute atomic E-state index is 0.0300. The van der Waals surface area contributed by atoms with Crippen LogP contribution in [0.3, 0.4) is 0 Å². The summed E-state index contributed by atoms with van der Waals surface area (Å²) in [7, 11) is 2.00. The van der Waals surface area contributed by atoms with Crippen LogP contribution in [0.25, 0.3) is 0 Å². The van der Waals surface area contributed by atoms with E-state index in [0.717, 1.165) is 28.5 Å². The third kappa shape index (κ3) is 2.42. The van der Waals surface area contributed by atoms with E-state index in [1.807, 2.05) is 43.1 Å². The van der Waals surface area contributed by atoms with Gasteiger partial charge in [-0.15, -0.1) is 0 Å². The standard InChI is InChI=1S/C14H18ClN3/c1-4-16-13(14-17-8-9-18(14)3)11-7-5-6-10(2)12(11)15/h5-9,13,16H,4H2,1-3H3. The Balaban J connectivity index is 2.48. The van der Waals surface area contributed by atoms with Crippen LogP contribution in [0.2, 0.25) is 5.02 Å². The molecule has 2 aromatic rings. The Morgan fingerprint density at radius 1 is 1.44 bits per heavy atom. The van der Waals surface area contributed by atoms with Gasteiger partial charge in [-0.3, -0.25) is 0 Å². The first kappa shape index (κ1) is 13.1. The van der Waals surface area contributed by atoms with E-state index in [0.29, 0.717) is 0 Å². The van der Waals surface area contributed by atoms with Gasteiger partial charge in [-0.25, -0.2) is 4.98 Å². The second-order valence-electron chi connectivity index (χ2n) is 4.37. The largest absolute Gasteiger partial charge is 0.336 e. The first-order valence-electron chi connectivity index (χ1n) is 6.10. The van der Waals surface area contributed by atoms with Crippen LogP contribution in [0.15, 0.2) is 30.6 Å². The van der Waals surface area contributed by atoms with Crippen molar-refractivity contribution in [1.29, 1.82) is 0 Å². The lowest BCUT2D eigenvalue weighted by Gasteiger charge is -2.20. The van der Waals surface area contributed by atoms with Crippen LogP contribution in [0.4, 0.5) is 0 Å². The van der Waals surface area contributed by atoms with Crippen molar-refractivity contribution in [2.75, 3.05) is 6.54 Å². The molecule has 0 fully saturated rings. The number of aryl methyl sites for hydroxylation is 2. The molecule has 1 aromatic carbocycles. The molecule has 0 saturated heterocycles. The lowest BCUT2D eigenvalue weighted by Crippen LogP contribution is -2.25. The minimum atomic E-state index is 0.0300. The van der Waals surface area contributed by atoms with Crippen LogP contribution in [-0.2, 0) is 7.05 Å². The maximum atomic E-state index is 6.42. The average molecular weight is 264 g/mol. The topological polar surface area (TPSA) is 29.9 Å². The van der Waals surface area contributed by atoms with Gasteiger partial charge in [-0.2, -0.15) is 0 Å². The second kappa shape index (κ2) is 5.55. The predicted octanol–water partition coefficient (Wildman–Crippen LogP) is 3.08. The summed E-state index contributed by atoms with van der Waals surface area (Å²) in [5.74, 6) is 0.976. The number of imidazole rings is 1. The van der Waals surface area contributed by atoms with Gasteiger partial charge in [-0.05, 0) is 24.6 Å². The molecule has 0 bridgehead atoms. The molecular weight excluding hydrogens is 246 g/mol. The Kier molecular flexibility index (Phi) is 4.04. The van der Waals surface area contributed by atoms with Crippen molar-refractivity contribution in [2.24, 2.45) is 7.05 Å².